The van der Waals surface area contributed by atoms with Crippen LogP contribution in [-0.4, -0.2) is 139 Å². The second-order valence-corrected chi connectivity index (χ2v) is 18.6. The van der Waals surface area contributed by atoms with Gasteiger partial charge in [-0.3, -0.25) is 9.59 Å². The molecule has 72 heavy (non-hydrogen) atoms. The van der Waals surface area contributed by atoms with E-state index in [2.05, 4.69) is 88.2 Å². The topological polar surface area (TPSA) is 153 Å². The first-order chi connectivity index (χ1) is 35.5. The quantitative estimate of drug-likeness (QED) is 0.134. The molecule has 4 aliphatic rings. The summed E-state index contributed by atoms with van der Waals surface area (Å²) in [5.41, 5.74) is 9.76. The van der Waals surface area contributed by atoms with E-state index in [4.69, 9.17) is 9.47 Å². The first-order valence-electron chi connectivity index (χ1n) is 25.1. The molecule has 8 aromatic rings. The van der Waals surface area contributed by atoms with Gasteiger partial charge in [0.15, 0.2) is 0 Å². The van der Waals surface area contributed by atoms with Gasteiger partial charge in [-0.1, -0.05) is 54.6 Å². The number of amides is 2. The Balaban J connectivity index is 0.000000156. The Bertz CT molecular complexity index is 3170. The minimum atomic E-state index is 0.105. The fraction of sp³-hybridized carbons (Fsp3) is 0.321. The first-order valence-corrected chi connectivity index (χ1v) is 25.1. The van der Waals surface area contributed by atoms with E-state index >= 15 is 0 Å². The number of likely N-dealkylation sites (tertiary alicyclic amines) is 1. The van der Waals surface area contributed by atoms with Gasteiger partial charge in [0.1, 0.15) is 24.4 Å². The van der Waals surface area contributed by atoms with E-state index in [9.17, 15) is 9.59 Å². The van der Waals surface area contributed by atoms with E-state index in [1.54, 1.807) is 12.4 Å². The number of piperidine rings is 1. The van der Waals surface area contributed by atoms with Gasteiger partial charge < -0.3 is 38.2 Å². The highest BCUT2D eigenvalue weighted by Crippen LogP contribution is 2.36. The minimum Gasteiger partial charge on any atom is -0.378 e. The number of ether oxygens (including phenoxy) is 2. The van der Waals surface area contributed by atoms with Gasteiger partial charge in [0.25, 0.3) is 0 Å². The predicted molar refractivity (Wildman–Crippen MR) is 278 cm³/mol. The summed E-state index contributed by atoms with van der Waals surface area (Å²) < 4.78 is 14.7. The molecular weight excluding hydrogens is 905 g/mol. The monoisotopic (exact) mass is 962 g/mol. The van der Waals surface area contributed by atoms with Gasteiger partial charge in [-0.15, -0.1) is 0 Å². The zero-order valence-corrected chi connectivity index (χ0v) is 40.4. The van der Waals surface area contributed by atoms with Crippen LogP contribution < -0.4 is 9.80 Å². The van der Waals surface area contributed by atoms with Crippen LogP contribution >= 0.6 is 0 Å². The number of hydrogen-bond donors (Lipinski definition) is 0. The average Bonchev–Trinajstić information content (AvgIpc) is 4.07. The number of carbonyl (C=O) groups excluding carboxylic acids is 2. The molecule has 16 heteroatoms. The third-order valence-corrected chi connectivity index (χ3v) is 14.2. The molecule has 2 amide bonds. The predicted octanol–water partition coefficient (Wildman–Crippen LogP) is 7.38. The lowest BCUT2D eigenvalue weighted by Gasteiger charge is -2.33. The molecule has 0 unspecified atom stereocenters. The Morgan fingerprint density at radius 1 is 0.514 bits per heavy atom. The normalized spacial score (nSPS) is 16.6. The Kier molecular flexibility index (Phi) is 14.0. The minimum absolute atomic E-state index is 0.105. The van der Waals surface area contributed by atoms with Crippen molar-refractivity contribution in [2.45, 2.75) is 38.3 Å². The second kappa shape index (κ2) is 21.7. The molecular formula is C56H58N12O4. The summed E-state index contributed by atoms with van der Waals surface area (Å²) in [6, 6.07) is 28.8. The summed E-state index contributed by atoms with van der Waals surface area (Å²) in [5, 5.41) is 2.10. The van der Waals surface area contributed by atoms with Gasteiger partial charge in [0.2, 0.25) is 23.7 Å². The molecule has 0 saturated carbocycles. The molecule has 16 nitrogen and oxygen atoms in total. The molecule has 0 N–H and O–H groups in total. The Morgan fingerprint density at radius 2 is 1.01 bits per heavy atom. The maximum Gasteiger partial charge on any atom is 0.242 e. The van der Waals surface area contributed by atoms with Crippen LogP contribution in [0, 0.1) is 0 Å². The number of aromatic nitrogens is 8. The van der Waals surface area contributed by atoms with Crippen molar-refractivity contribution >= 4 is 51.4 Å². The number of morpholine rings is 2. The van der Waals surface area contributed by atoms with Crippen molar-refractivity contribution in [2.75, 3.05) is 88.6 Å². The number of anilines is 2. The average molecular weight is 963 g/mol. The van der Waals surface area contributed by atoms with Crippen LogP contribution in [0.1, 0.15) is 36.3 Å². The highest BCUT2D eigenvalue weighted by Gasteiger charge is 2.27. The summed E-state index contributed by atoms with van der Waals surface area (Å²) in [7, 11) is 0. The summed E-state index contributed by atoms with van der Waals surface area (Å²) in [6.45, 7) is 9.57. The van der Waals surface area contributed by atoms with E-state index in [1.807, 2.05) is 98.6 Å². The van der Waals surface area contributed by atoms with E-state index in [1.165, 1.54) is 22.3 Å². The van der Waals surface area contributed by atoms with Crippen LogP contribution in [0.15, 0.2) is 141 Å². The molecule has 2 aromatic carbocycles. The molecule has 0 radical (unpaired) electrons. The van der Waals surface area contributed by atoms with Crippen molar-refractivity contribution in [3.63, 3.8) is 0 Å². The molecule has 12 rings (SSSR count). The second-order valence-electron chi connectivity index (χ2n) is 18.6. The largest absolute Gasteiger partial charge is 0.378 e. The standard InChI is InChI=1S/C28H30N6O2.C28H28N6O2/c2*35-26(20-34-13-9-22-4-3-10-29-27(22)34)32-11-7-21(8-12-32)24-5-1-2-6-25(24)23-18-30-28(31-19-23)33-14-16-36-17-15-33/h1-6,9-10,13,18-19,21H,7-8,11-12,14-17,20H2;1-7,9-10,13,18-19H,8,11-12,14-17,20H2. The Labute approximate surface area is 418 Å². The first kappa shape index (κ1) is 46.6. The van der Waals surface area contributed by atoms with Gasteiger partial charge in [-0.25, -0.2) is 29.9 Å². The maximum atomic E-state index is 13.1. The molecule has 0 aliphatic carbocycles. The Morgan fingerprint density at radius 3 is 1.56 bits per heavy atom. The number of carbonyl (C=O) groups is 2. The van der Waals surface area contributed by atoms with Crippen molar-refractivity contribution in [2.24, 2.45) is 0 Å². The molecule has 0 spiro atoms. The lowest BCUT2D eigenvalue weighted by Crippen LogP contribution is -2.39. The molecule has 3 saturated heterocycles. The van der Waals surface area contributed by atoms with Gasteiger partial charge in [0.05, 0.1) is 26.4 Å². The molecule has 0 bridgehead atoms. The van der Waals surface area contributed by atoms with Crippen molar-refractivity contribution < 1.29 is 19.1 Å². The SMILES string of the molecule is O=C(Cn1ccc2cccnc21)N1CC=C(c2ccccc2-c2cnc(N3CCOCC3)nc2)CC1.O=C(Cn1ccc2cccnc21)N1CCC(c2ccccc2-c2cnc(N3CCOCC3)nc2)CC1. The van der Waals surface area contributed by atoms with Gasteiger partial charge in [0, 0.05) is 124 Å². The van der Waals surface area contributed by atoms with Crippen molar-refractivity contribution in [1.29, 1.82) is 0 Å². The molecule has 366 valence electrons. The molecule has 10 heterocycles. The van der Waals surface area contributed by atoms with Crippen LogP contribution in [-0.2, 0) is 32.2 Å². The van der Waals surface area contributed by atoms with Gasteiger partial charge in [-0.05, 0) is 89.4 Å². The van der Waals surface area contributed by atoms with Crippen molar-refractivity contribution in [3.05, 3.63) is 152 Å². The zero-order chi connectivity index (χ0) is 48.6. The number of fused-ring (bicyclic) bond motifs is 2. The molecule has 0 atom stereocenters. The summed E-state index contributed by atoms with van der Waals surface area (Å²) >= 11 is 0. The van der Waals surface area contributed by atoms with Crippen LogP contribution in [0.4, 0.5) is 11.9 Å². The fourth-order valence-electron chi connectivity index (χ4n) is 10.3. The lowest BCUT2D eigenvalue weighted by molar-refractivity contribution is -0.133. The van der Waals surface area contributed by atoms with E-state index < -0.39 is 0 Å². The number of nitrogens with zero attached hydrogens (tertiary/aromatic N) is 12. The molecule has 6 aromatic heterocycles. The van der Waals surface area contributed by atoms with Gasteiger partial charge >= 0.3 is 0 Å². The number of pyridine rings is 2. The van der Waals surface area contributed by atoms with Crippen LogP contribution in [0.5, 0.6) is 0 Å². The van der Waals surface area contributed by atoms with E-state index in [-0.39, 0.29) is 11.8 Å². The number of benzene rings is 2. The van der Waals surface area contributed by atoms with E-state index in [0.717, 1.165) is 109 Å². The summed E-state index contributed by atoms with van der Waals surface area (Å²) in [5.74, 6) is 2.16. The zero-order valence-electron chi connectivity index (χ0n) is 40.4. The van der Waals surface area contributed by atoms with Gasteiger partial charge in [-0.2, -0.15) is 0 Å². The molecule has 4 aliphatic heterocycles. The third-order valence-electron chi connectivity index (χ3n) is 14.2. The van der Waals surface area contributed by atoms with Crippen molar-refractivity contribution in [3.8, 4) is 22.3 Å². The summed E-state index contributed by atoms with van der Waals surface area (Å²) in [4.78, 5) is 61.8. The summed E-state index contributed by atoms with van der Waals surface area (Å²) in [6.07, 6.45) is 20.0. The van der Waals surface area contributed by atoms with Crippen LogP contribution in [0.25, 0.3) is 49.9 Å². The van der Waals surface area contributed by atoms with E-state index in [0.29, 0.717) is 58.5 Å². The maximum absolute atomic E-state index is 13.1. The molecule has 3 fully saturated rings. The van der Waals surface area contributed by atoms with Crippen molar-refractivity contribution in [1.82, 2.24) is 48.8 Å². The highest BCUT2D eigenvalue weighted by molar-refractivity contribution is 5.85. The highest BCUT2D eigenvalue weighted by atomic mass is 16.5. The smallest absolute Gasteiger partial charge is 0.242 e. The Hall–Kier alpha value is -7.82. The third kappa shape index (κ3) is 10.3. The van der Waals surface area contributed by atoms with Crippen LogP contribution in [0.2, 0.25) is 0 Å². The number of rotatable bonds is 10. The lowest BCUT2D eigenvalue weighted by atomic mass is 9.85. The van der Waals surface area contributed by atoms with Crippen LogP contribution in [0.3, 0.4) is 0 Å². The number of hydrogen-bond acceptors (Lipinski definition) is 12. The fourth-order valence-corrected chi connectivity index (χ4v) is 10.3.